The average Bonchev–Trinajstić information content (AvgIpc) is 2.60. The van der Waals surface area contributed by atoms with Crippen molar-refractivity contribution >= 4 is 5.78 Å². The van der Waals surface area contributed by atoms with Crippen LogP contribution in [0.2, 0.25) is 0 Å². The zero-order valence-corrected chi connectivity index (χ0v) is 17.7. The van der Waals surface area contributed by atoms with E-state index in [2.05, 4.69) is 0 Å². The van der Waals surface area contributed by atoms with Crippen LogP contribution in [0.3, 0.4) is 0 Å². The molecule has 2 bridgehead atoms. The maximum atomic E-state index is 13.8. The molecule has 1 saturated heterocycles. The third-order valence-electron chi connectivity index (χ3n) is 9.34. The first kappa shape index (κ1) is 20.5. The molecule has 0 amide bonds. The van der Waals surface area contributed by atoms with Crippen LogP contribution in [0.5, 0.6) is 0 Å². The maximum absolute atomic E-state index is 13.8. The van der Waals surface area contributed by atoms with E-state index in [0.717, 1.165) is 0 Å². The Morgan fingerprint density at radius 2 is 1.71 bits per heavy atom. The van der Waals surface area contributed by atoms with Crippen LogP contribution in [-0.2, 0) is 9.53 Å². The van der Waals surface area contributed by atoms with E-state index in [0.29, 0.717) is 17.6 Å². The molecule has 1 heterocycles. The maximum Gasteiger partial charge on any atom is 0.172 e. The summed E-state index contributed by atoms with van der Waals surface area (Å²) in [6.45, 7) is 11.2. The molecule has 0 aromatic rings. The van der Waals surface area contributed by atoms with Gasteiger partial charge in [-0.1, -0.05) is 34.6 Å². The van der Waals surface area contributed by atoms with E-state index in [1.807, 2.05) is 34.6 Å². The molecule has 28 heavy (non-hydrogen) atoms. The van der Waals surface area contributed by atoms with E-state index in [-0.39, 0.29) is 30.8 Å². The number of carbonyl (C=O) groups excluding carboxylic acids is 1. The Kier molecular flexibility index (Phi) is 4.15. The number of hydrogen-bond donors (Lipinski definition) is 4. The molecule has 158 valence electrons. The highest BCUT2D eigenvalue weighted by atomic mass is 16.6. The molecule has 2 saturated carbocycles. The Balaban J connectivity index is 2.01. The fraction of sp³-hybridized carbons (Fsp3) is 0.864. The third kappa shape index (κ3) is 2.04. The van der Waals surface area contributed by atoms with Crippen LogP contribution in [0, 0.1) is 28.6 Å². The smallest absolute Gasteiger partial charge is 0.172 e. The lowest BCUT2D eigenvalue weighted by Crippen LogP contribution is -2.77. The second kappa shape index (κ2) is 5.67. The highest BCUT2D eigenvalue weighted by Crippen LogP contribution is 2.65. The Morgan fingerprint density at radius 1 is 1.11 bits per heavy atom. The van der Waals surface area contributed by atoms with Gasteiger partial charge in [0, 0.05) is 23.2 Å². The molecule has 1 aliphatic heterocycles. The van der Waals surface area contributed by atoms with Gasteiger partial charge in [-0.25, -0.2) is 0 Å². The largest absolute Gasteiger partial charge is 0.389 e. The minimum atomic E-state index is -1.42. The molecule has 6 nitrogen and oxygen atoms in total. The minimum Gasteiger partial charge on any atom is -0.389 e. The summed E-state index contributed by atoms with van der Waals surface area (Å²) in [5.74, 6) is -1.51. The minimum absolute atomic E-state index is 0.111. The molecule has 0 aromatic carbocycles. The summed E-state index contributed by atoms with van der Waals surface area (Å²) < 4.78 is 5.65. The Bertz CT molecular complexity index is 758. The first-order valence-corrected chi connectivity index (χ1v) is 10.4. The Morgan fingerprint density at radius 3 is 2.25 bits per heavy atom. The number of ketones is 1. The number of carbonyl (C=O) groups is 1. The summed E-state index contributed by atoms with van der Waals surface area (Å²) in [6.07, 6.45) is -2.08. The van der Waals surface area contributed by atoms with Gasteiger partial charge in [0.15, 0.2) is 5.78 Å². The molecular weight excluding hydrogens is 360 g/mol. The van der Waals surface area contributed by atoms with Gasteiger partial charge in [0.25, 0.3) is 0 Å². The number of aliphatic hydroxyl groups is 4. The van der Waals surface area contributed by atoms with Gasteiger partial charge in [0.05, 0.1) is 24.4 Å². The van der Waals surface area contributed by atoms with Crippen molar-refractivity contribution in [3.63, 3.8) is 0 Å². The zero-order valence-electron chi connectivity index (χ0n) is 17.7. The highest BCUT2D eigenvalue weighted by molar-refractivity contribution is 5.93. The van der Waals surface area contributed by atoms with Crippen molar-refractivity contribution in [2.24, 2.45) is 28.6 Å². The molecule has 3 fully saturated rings. The second-order valence-electron chi connectivity index (χ2n) is 10.6. The van der Waals surface area contributed by atoms with Crippen LogP contribution in [0.25, 0.3) is 0 Å². The van der Waals surface area contributed by atoms with Gasteiger partial charge in [-0.05, 0) is 36.3 Å². The van der Waals surface area contributed by atoms with Crippen molar-refractivity contribution in [2.75, 3.05) is 6.61 Å². The SMILES string of the molecule is CC1=C2[C@@H](O)C(=O)[C@@]3(C)[C@H]([C@H](C)[C@](O)(C[C@@H]1O)C2(C)C)[C@]1(O)CO[C@@H]1C[C@@H]3C. The van der Waals surface area contributed by atoms with Gasteiger partial charge in [-0.2, -0.15) is 0 Å². The average molecular weight is 395 g/mol. The molecule has 3 aliphatic carbocycles. The number of ether oxygens (including phenoxy) is 1. The van der Waals surface area contributed by atoms with Crippen molar-refractivity contribution < 1.29 is 30.0 Å². The van der Waals surface area contributed by atoms with E-state index in [1.165, 1.54) is 0 Å². The van der Waals surface area contributed by atoms with Crippen LogP contribution in [0.15, 0.2) is 11.1 Å². The highest BCUT2D eigenvalue weighted by Gasteiger charge is 2.73. The molecule has 0 aromatic heterocycles. The van der Waals surface area contributed by atoms with Crippen molar-refractivity contribution in [1.29, 1.82) is 0 Å². The molecule has 4 rings (SSSR count). The lowest BCUT2D eigenvalue weighted by atomic mass is 9.41. The zero-order chi connectivity index (χ0) is 21.0. The van der Waals surface area contributed by atoms with Crippen LogP contribution in [0.4, 0.5) is 0 Å². The summed E-state index contributed by atoms with van der Waals surface area (Å²) in [5, 5.41) is 45.5. The second-order valence-corrected chi connectivity index (χ2v) is 10.6. The van der Waals surface area contributed by atoms with Gasteiger partial charge in [-0.3, -0.25) is 4.79 Å². The van der Waals surface area contributed by atoms with Gasteiger partial charge in [-0.15, -0.1) is 0 Å². The Hall–Kier alpha value is -0.790. The van der Waals surface area contributed by atoms with Crippen molar-refractivity contribution in [1.82, 2.24) is 0 Å². The van der Waals surface area contributed by atoms with Gasteiger partial charge >= 0.3 is 0 Å². The first-order chi connectivity index (χ1) is 12.7. The Labute approximate surface area is 166 Å². The molecule has 6 heteroatoms. The number of fused-ring (bicyclic) bond motifs is 5. The van der Waals surface area contributed by atoms with Gasteiger partial charge in [0.2, 0.25) is 0 Å². The summed E-state index contributed by atoms with van der Waals surface area (Å²) in [4.78, 5) is 13.8. The van der Waals surface area contributed by atoms with Crippen molar-refractivity contribution in [3.8, 4) is 0 Å². The summed E-state index contributed by atoms with van der Waals surface area (Å²) in [7, 11) is 0. The van der Waals surface area contributed by atoms with Gasteiger partial charge < -0.3 is 25.2 Å². The molecule has 4 N–H and O–H groups in total. The first-order valence-electron chi connectivity index (χ1n) is 10.4. The van der Waals surface area contributed by atoms with Crippen molar-refractivity contribution in [3.05, 3.63) is 11.1 Å². The topological polar surface area (TPSA) is 107 Å². The van der Waals surface area contributed by atoms with E-state index < -0.39 is 46.1 Å². The molecule has 4 aliphatic rings. The van der Waals surface area contributed by atoms with Crippen LogP contribution < -0.4 is 0 Å². The number of rotatable bonds is 0. The summed E-state index contributed by atoms with van der Waals surface area (Å²) in [5.41, 5.74) is -3.55. The molecule has 9 atom stereocenters. The fourth-order valence-corrected chi connectivity index (χ4v) is 7.30. The van der Waals surface area contributed by atoms with Gasteiger partial charge in [0.1, 0.15) is 11.7 Å². The van der Waals surface area contributed by atoms with E-state index in [9.17, 15) is 25.2 Å². The van der Waals surface area contributed by atoms with E-state index in [1.54, 1.807) is 6.92 Å². The predicted molar refractivity (Wildman–Crippen MR) is 102 cm³/mol. The van der Waals surface area contributed by atoms with Crippen LogP contribution in [-0.4, -0.2) is 62.3 Å². The summed E-state index contributed by atoms with van der Waals surface area (Å²) >= 11 is 0. The van der Waals surface area contributed by atoms with Crippen LogP contribution >= 0.6 is 0 Å². The molecule has 0 spiro atoms. The normalized spacial score (nSPS) is 55.6. The van der Waals surface area contributed by atoms with E-state index >= 15 is 0 Å². The molecular formula is C22H34O6. The number of Topliss-reactive ketones (excluding diaryl/α,β-unsaturated/α-hetero) is 1. The molecule has 0 radical (unpaired) electrons. The monoisotopic (exact) mass is 394 g/mol. The lowest BCUT2D eigenvalue weighted by Gasteiger charge is -2.67. The summed E-state index contributed by atoms with van der Waals surface area (Å²) in [6, 6.07) is 0. The molecule has 0 unspecified atom stereocenters. The third-order valence-corrected chi connectivity index (χ3v) is 9.34. The van der Waals surface area contributed by atoms with E-state index in [4.69, 9.17) is 4.74 Å². The number of aliphatic hydroxyl groups excluding tert-OH is 2. The fourth-order valence-electron chi connectivity index (χ4n) is 7.30. The van der Waals surface area contributed by atoms with Crippen molar-refractivity contribution in [2.45, 2.75) is 83.9 Å². The predicted octanol–water partition coefficient (Wildman–Crippen LogP) is 1.20. The van der Waals surface area contributed by atoms with Crippen LogP contribution in [0.1, 0.15) is 54.4 Å². The quantitative estimate of drug-likeness (QED) is 0.460. The number of hydrogen-bond acceptors (Lipinski definition) is 6. The lowest BCUT2D eigenvalue weighted by molar-refractivity contribution is -0.329. The standard InChI is InChI=1S/C22H34O6/c1-10-7-14-21(26,9-28-14)17-12(3)22(27)8-13(23)11(2)15(19(22,4)5)16(24)18(25)20(10,17)6/h10,12-14,16-17,23-24,26-27H,7-9H2,1-6H3/t10-,12-,13-,14+,16+,17-,20+,21-,22+/m0/s1.